The number of piperidine rings is 1. The Kier molecular flexibility index (Phi) is 5.62. The van der Waals surface area contributed by atoms with Crippen LogP contribution in [-0.2, 0) is 21.4 Å². The molecule has 0 radical (unpaired) electrons. The number of rotatable bonds is 5. The van der Waals surface area contributed by atoms with Crippen molar-refractivity contribution in [1.29, 1.82) is 0 Å². The van der Waals surface area contributed by atoms with Gasteiger partial charge in [0.2, 0.25) is 0 Å². The number of phenolic OH excluding ortho intramolecular Hbond substituents is 1. The van der Waals surface area contributed by atoms with Gasteiger partial charge < -0.3 is 10.4 Å². The first-order chi connectivity index (χ1) is 12.7. The van der Waals surface area contributed by atoms with E-state index in [-0.39, 0.29) is 5.92 Å². The molecule has 7 nitrogen and oxygen atoms in total. The number of nitrogens with one attached hydrogen (secondary N) is 2. The maximum absolute atomic E-state index is 15.0. The van der Waals surface area contributed by atoms with Gasteiger partial charge in [-0.05, 0) is 55.7 Å². The summed E-state index contributed by atoms with van der Waals surface area (Å²) in [5.41, 5.74) is -0.126. The molecule has 0 aliphatic carbocycles. The van der Waals surface area contributed by atoms with Crippen LogP contribution in [0, 0.1) is 17.7 Å². The summed E-state index contributed by atoms with van der Waals surface area (Å²) < 4.78 is 41.4. The summed E-state index contributed by atoms with van der Waals surface area (Å²) >= 11 is 0. The number of aromatic hydroxyl groups is 1. The van der Waals surface area contributed by atoms with Gasteiger partial charge in [0.15, 0.2) is 5.82 Å². The number of hydrogen-bond acceptors (Lipinski definition) is 5. The van der Waals surface area contributed by atoms with Crippen molar-refractivity contribution in [2.24, 2.45) is 11.8 Å². The molecular formula is C18H26FN3O4S. The Labute approximate surface area is 159 Å². The van der Waals surface area contributed by atoms with Gasteiger partial charge in [0.05, 0.1) is 0 Å². The Morgan fingerprint density at radius 1 is 1.33 bits per heavy atom. The zero-order chi connectivity index (χ0) is 19.8. The number of benzene rings is 1. The number of carbonyl (C=O) groups excluding carboxylic acids is 1. The van der Waals surface area contributed by atoms with E-state index >= 15 is 4.39 Å². The van der Waals surface area contributed by atoms with Crippen LogP contribution in [0.4, 0.5) is 10.1 Å². The van der Waals surface area contributed by atoms with Crippen LogP contribution >= 0.6 is 0 Å². The minimum absolute atomic E-state index is 0.232. The standard InChI is InChI=1S/C18H26FN3O4S/c1-11(2)7-14-5-3-12(9-20-14)8-13-4-6-15(23)18(17(13)19)22-10-16(24)21-27(22,25)26/h4,6,11-12,14,20,23H,3,5,7-10H2,1-2H3,(H,21,24)/t12?,14-/m0/s1. The van der Waals surface area contributed by atoms with Gasteiger partial charge in [0, 0.05) is 6.04 Å². The Balaban J connectivity index is 1.76. The van der Waals surface area contributed by atoms with Crippen molar-refractivity contribution in [3.8, 4) is 5.75 Å². The second-order valence-corrected chi connectivity index (χ2v) is 9.42. The monoisotopic (exact) mass is 399 g/mol. The quantitative estimate of drug-likeness (QED) is 0.700. The lowest BCUT2D eigenvalue weighted by molar-refractivity contribution is -0.117. The molecule has 2 aliphatic heterocycles. The van der Waals surface area contributed by atoms with E-state index in [0.717, 1.165) is 25.8 Å². The highest BCUT2D eigenvalue weighted by Crippen LogP contribution is 2.36. The highest BCUT2D eigenvalue weighted by Gasteiger charge is 2.38. The predicted octanol–water partition coefficient (Wildman–Crippen LogP) is 1.67. The van der Waals surface area contributed by atoms with Gasteiger partial charge in [-0.25, -0.2) is 13.4 Å². The van der Waals surface area contributed by atoms with E-state index in [2.05, 4.69) is 19.2 Å². The molecule has 1 aromatic rings. The third-order valence-corrected chi connectivity index (χ3v) is 6.51. The van der Waals surface area contributed by atoms with Crippen LogP contribution in [0.5, 0.6) is 5.75 Å². The largest absolute Gasteiger partial charge is 0.506 e. The minimum atomic E-state index is -4.18. The highest BCUT2D eigenvalue weighted by molar-refractivity contribution is 7.92. The third kappa shape index (κ3) is 4.35. The average molecular weight is 399 g/mol. The fourth-order valence-electron chi connectivity index (χ4n) is 3.87. The van der Waals surface area contributed by atoms with Crippen LogP contribution in [0.25, 0.3) is 0 Å². The number of anilines is 1. The molecule has 1 amide bonds. The van der Waals surface area contributed by atoms with E-state index in [0.29, 0.717) is 28.2 Å². The average Bonchev–Trinajstić information content (AvgIpc) is 2.84. The molecule has 2 heterocycles. The maximum Gasteiger partial charge on any atom is 0.326 e. The van der Waals surface area contributed by atoms with Gasteiger partial charge in [0.1, 0.15) is 18.0 Å². The van der Waals surface area contributed by atoms with Gasteiger partial charge in [-0.2, -0.15) is 8.42 Å². The first kappa shape index (κ1) is 19.9. The van der Waals surface area contributed by atoms with Gasteiger partial charge >= 0.3 is 10.2 Å². The van der Waals surface area contributed by atoms with E-state index in [1.807, 2.05) is 0 Å². The molecule has 9 heteroatoms. The number of carbonyl (C=O) groups is 1. The van der Waals surface area contributed by atoms with E-state index in [1.165, 1.54) is 12.1 Å². The Bertz CT molecular complexity index is 820. The van der Waals surface area contributed by atoms with E-state index in [9.17, 15) is 18.3 Å². The Morgan fingerprint density at radius 3 is 2.63 bits per heavy atom. The van der Waals surface area contributed by atoms with E-state index in [4.69, 9.17) is 0 Å². The molecule has 1 unspecified atom stereocenters. The molecule has 3 rings (SSSR count). The van der Waals surface area contributed by atoms with Crippen LogP contribution in [0.15, 0.2) is 12.1 Å². The molecular weight excluding hydrogens is 373 g/mol. The maximum atomic E-state index is 15.0. The summed E-state index contributed by atoms with van der Waals surface area (Å²) in [5.74, 6) is -1.20. The van der Waals surface area contributed by atoms with Gasteiger partial charge in [-0.1, -0.05) is 19.9 Å². The van der Waals surface area contributed by atoms with Crippen LogP contribution in [0.1, 0.15) is 38.7 Å². The van der Waals surface area contributed by atoms with Crippen molar-refractivity contribution >= 4 is 21.8 Å². The van der Waals surface area contributed by atoms with Crippen LogP contribution in [0.3, 0.4) is 0 Å². The number of halogens is 1. The van der Waals surface area contributed by atoms with Crippen molar-refractivity contribution in [2.45, 2.75) is 45.6 Å². The molecule has 2 aliphatic rings. The van der Waals surface area contributed by atoms with Crippen molar-refractivity contribution < 1.29 is 22.7 Å². The van der Waals surface area contributed by atoms with Crippen molar-refractivity contribution in [2.75, 3.05) is 17.4 Å². The number of phenols is 1. The van der Waals surface area contributed by atoms with Gasteiger partial charge in [0.25, 0.3) is 5.91 Å². The molecule has 2 saturated heterocycles. The number of nitrogens with zero attached hydrogens (tertiary/aromatic N) is 1. The van der Waals surface area contributed by atoms with Crippen LogP contribution < -0.4 is 14.3 Å². The fraction of sp³-hybridized carbons (Fsp3) is 0.611. The fourth-order valence-corrected chi connectivity index (χ4v) is 5.03. The zero-order valence-electron chi connectivity index (χ0n) is 15.5. The third-order valence-electron chi connectivity index (χ3n) is 5.13. The topological polar surface area (TPSA) is 98.7 Å². The molecule has 150 valence electrons. The van der Waals surface area contributed by atoms with Crippen LogP contribution in [0.2, 0.25) is 0 Å². The van der Waals surface area contributed by atoms with Gasteiger partial charge in [-0.3, -0.25) is 4.79 Å². The van der Waals surface area contributed by atoms with Gasteiger partial charge in [-0.15, -0.1) is 0 Å². The molecule has 27 heavy (non-hydrogen) atoms. The second kappa shape index (κ2) is 7.63. The first-order valence-electron chi connectivity index (χ1n) is 9.24. The Hall–Kier alpha value is -1.87. The first-order valence-corrected chi connectivity index (χ1v) is 10.7. The van der Waals surface area contributed by atoms with Crippen molar-refractivity contribution in [3.05, 3.63) is 23.5 Å². The normalized spacial score (nSPS) is 25.0. The van der Waals surface area contributed by atoms with Crippen molar-refractivity contribution in [3.63, 3.8) is 0 Å². The second-order valence-electron chi connectivity index (χ2n) is 7.83. The van der Waals surface area contributed by atoms with Crippen molar-refractivity contribution in [1.82, 2.24) is 10.0 Å². The summed E-state index contributed by atoms with van der Waals surface area (Å²) in [7, 11) is -4.18. The smallest absolute Gasteiger partial charge is 0.326 e. The molecule has 2 atom stereocenters. The van der Waals surface area contributed by atoms with E-state index in [1.54, 1.807) is 4.72 Å². The minimum Gasteiger partial charge on any atom is -0.506 e. The lowest BCUT2D eigenvalue weighted by Crippen LogP contribution is -2.40. The molecule has 0 aromatic heterocycles. The number of amides is 1. The summed E-state index contributed by atoms with van der Waals surface area (Å²) in [4.78, 5) is 11.4. The SMILES string of the molecule is CC(C)C[C@@H]1CCC(Cc2ccc(O)c(N3CC(=O)NS3(=O)=O)c2F)CN1. The highest BCUT2D eigenvalue weighted by atomic mass is 32.2. The van der Waals surface area contributed by atoms with Crippen LogP contribution in [-0.4, -0.2) is 38.6 Å². The lowest BCUT2D eigenvalue weighted by atomic mass is 9.86. The molecule has 2 fully saturated rings. The molecule has 1 aromatic carbocycles. The zero-order valence-corrected chi connectivity index (χ0v) is 16.4. The summed E-state index contributed by atoms with van der Waals surface area (Å²) in [5, 5.41) is 13.5. The predicted molar refractivity (Wildman–Crippen MR) is 100 cm³/mol. The number of hydrogen-bond donors (Lipinski definition) is 3. The summed E-state index contributed by atoms with van der Waals surface area (Å²) in [6.45, 7) is 4.60. The lowest BCUT2D eigenvalue weighted by Gasteiger charge is -2.31. The summed E-state index contributed by atoms with van der Waals surface area (Å²) in [6.07, 6.45) is 3.53. The summed E-state index contributed by atoms with van der Waals surface area (Å²) in [6, 6.07) is 3.24. The van der Waals surface area contributed by atoms with E-state index < -0.39 is 39.9 Å². The molecule has 0 bridgehead atoms. The Morgan fingerprint density at radius 2 is 2.07 bits per heavy atom. The molecule has 3 N–H and O–H groups in total. The molecule has 0 saturated carbocycles. The molecule has 0 spiro atoms.